The lowest BCUT2D eigenvalue weighted by atomic mass is 10.2. The molecule has 25 heavy (non-hydrogen) atoms. The van der Waals surface area contributed by atoms with E-state index >= 15 is 0 Å². The monoisotopic (exact) mass is 349 g/mol. The molecule has 0 aliphatic rings. The van der Waals surface area contributed by atoms with Gasteiger partial charge >= 0.3 is 12.1 Å². The molecule has 0 N–H and O–H groups in total. The maximum Gasteiger partial charge on any atom is 0.411 e. The first-order valence-corrected chi connectivity index (χ1v) is 8.14. The number of rotatable bonds is 4. The molecular weight excluding hydrogens is 322 g/mol. The topological polar surface area (TPSA) is 69.0 Å². The molecule has 0 fully saturated rings. The van der Waals surface area contributed by atoms with Crippen molar-refractivity contribution in [3.8, 4) is 11.8 Å². The molecule has 0 saturated heterocycles. The van der Waals surface area contributed by atoms with Gasteiger partial charge in [0.2, 0.25) is 0 Å². The molecule has 138 valence electrons. The highest BCUT2D eigenvalue weighted by Crippen LogP contribution is 2.13. The van der Waals surface area contributed by atoms with Gasteiger partial charge in [-0.1, -0.05) is 11.8 Å². The molecule has 0 aliphatic heterocycles. The van der Waals surface area contributed by atoms with E-state index in [-0.39, 0.29) is 19.5 Å². The highest BCUT2D eigenvalue weighted by atomic mass is 16.6. The van der Waals surface area contributed by atoms with E-state index in [1.165, 1.54) is 11.2 Å². The van der Waals surface area contributed by atoms with Crippen molar-refractivity contribution in [1.82, 2.24) is 4.90 Å². The number of carbonyl (C=O) groups is 2. The zero-order valence-electron chi connectivity index (χ0n) is 15.8. The third-order valence-electron chi connectivity index (χ3n) is 2.63. The Morgan fingerprint density at radius 2 is 1.72 bits per heavy atom. The Balaban J connectivity index is 2.66. The highest BCUT2D eigenvalue weighted by molar-refractivity contribution is 5.73. The molecule has 6 nitrogen and oxygen atoms in total. The van der Waals surface area contributed by atoms with Gasteiger partial charge in [-0.3, -0.25) is 9.69 Å². The van der Waals surface area contributed by atoms with Gasteiger partial charge in [0.1, 0.15) is 23.4 Å². The van der Waals surface area contributed by atoms with Crippen LogP contribution in [0.1, 0.15) is 53.7 Å². The summed E-state index contributed by atoms with van der Waals surface area (Å²) in [7, 11) is 0. The fourth-order valence-corrected chi connectivity index (χ4v) is 1.77. The largest absolute Gasteiger partial charge is 0.467 e. The van der Waals surface area contributed by atoms with Gasteiger partial charge in [0, 0.05) is 0 Å². The third kappa shape index (κ3) is 9.46. The molecule has 1 aromatic rings. The summed E-state index contributed by atoms with van der Waals surface area (Å²) < 4.78 is 15.8. The predicted octanol–water partition coefficient (Wildman–Crippen LogP) is 3.75. The molecule has 0 aromatic carbocycles. The molecule has 0 saturated carbocycles. The van der Waals surface area contributed by atoms with Crippen molar-refractivity contribution >= 4 is 12.1 Å². The molecule has 0 atom stereocenters. The number of hydrogen-bond acceptors (Lipinski definition) is 5. The van der Waals surface area contributed by atoms with Crippen molar-refractivity contribution in [2.45, 2.75) is 65.7 Å². The first kappa shape index (κ1) is 20.6. The number of furan rings is 1. The average molecular weight is 349 g/mol. The Labute approximate surface area is 149 Å². The first-order chi connectivity index (χ1) is 11.5. The Bertz CT molecular complexity index is 623. The Kier molecular flexibility index (Phi) is 7.10. The fourth-order valence-electron chi connectivity index (χ4n) is 1.77. The maximum atomic E-state index is 12.3. The van der Waals surface area contributed by atoms with Gasteiger partial charge in [0.25, 0.3) is 0 Å². The van der Waals surface area contributed by atoms with Crippen molar-refractivity contribution in [3.05, 3.63) is 24.2 Å². The Morgan fingerprint density at radius 3 is 2.24 bits per heavy atom. The van der Waals surface area contributed by atoms with Crippen molar-refractivity contribution in [1.29, 1.82) is 0 Å². The maximum absolute atomic E-state index is 12.3. The Hall–Kier alpha value is -2.42. The molecule has 0 spiro atoms. The predicted molar refractivity (Wildman–Crippen MR) is 93.6 cm³/mol. The minimum absolute atomic E-state index is 0.0276. The van der Waals surface area contributed by atoms with Crippen molar-refractivity contribution in [3.63, 3.8) is 0 Å². The minimum atomic E-state index is -0.609. The summed E-state index contributed by atoms with van der Waals surface area (Å²) in [5.74, 6) is 5.78. The summed E-state index contributed by atoms with van der Waals surface area (Å²) in [6, 6.07) is 3.52. The van der Waals surface area contributed by atoms with E-state index in [0.29, 0.717) is 5.76 Å². The van der Waals surface area contributed by atoms with Crippen LogP contribution in [0.5, 0.6) is 0 Å². The molecule has 0 aliphatic carbocycles. The average Bonchev–Trinajstić information content (AvgIpc) is 2.91. The molecule has 1 aromatic heterocycles. The third-order valence-corrected chi connectivity index (χ3v) is 2.63. The molecule has 0 unspecified atom stereocenters. The van der Waals surface area contributed by atoms with Crippen LogP contribution in [-0.4, -0.2) is 34.7 Å². The summed E-state index contributed by atoms with van der Waals surface area (Å²) in [6.45, 7) is 11.1. The number of nitrogens with zero attached hydrogens (tertiary/aromatic N) is 1. The standard InChI is InChI=1S/C19H27NO5/c1-18(2,3)24-16(21)11-7-8-12-20(14-15-10-9-13-23-15)17(22)25-19(4,5)6/h9-10,13H,11-12,14H2,1-6H3. The smallest absolute Gasteiger partial charge is 0.411 e. The fraction of sp³-hybridized carbons (Fsp3) is 0.579. The molecule has 1 heterocycles. The summed E-state index contributed by atoms with van der Waals surface area (Å²) in [5.41, 5.74) is -1.15. The van der Waals surface area contributed by atoms with Crippen LogP contribution in [0.25, 0.3) is 0 Å². The van der Waals surface area contributed by atoms with Crippen LogP contribution in [0.2, 0.25) is 0 Å². The lowest BCUT2D eigenvalue weighted by Gasteiger charge is -2.25. The van der Waals surface area contributed by atoms with Gasteiger partial charge in [-0.25, -0.2) is 4.79 Å². The van der Waals surface area contributed by atoms with Crippen molar-refractivity contribution in [2.24, 2.45) is 0 Å². The highest BCUT2D eigenvalue weighted by Gasteiger charge is 2.22. The molecule has 0 radical (unpaired) electrons. The summed E-state index contributed by atoms with van der Waals surface area (Å²) in [5, 5.41) is 0. The van der Waals surface area contributed by atoms with Crippen LogP contribution in [0.15, 0.2) is 22.8 Å². The normalized spacial score (nSPS) is 11.3. The number of amides is 1. The van der Waals surface area contributed by atoms with Crippen LogP contribution in [0.4, 0.5) is 4.79 Å². The van der Waals surface area contributed by atoms with E-state index < -0.39 is 23.3 Å². The van der Waals surface area contributed by atoms with Gasteiger partial charge in [-0.2, -0.15) is 0 Å². The second-order valence-electron chi connectivity index (χ2n) is 7.53. The molecular formula is C19H27NO5. The molecule has 6 heteroatoms. The van der Waals surface area contributed by atoms with Crippen LogP contribution in [0.3, 0.4) is 0 Å². The van der Waals surface area contributed by atoms with E-state index in [9.17, 15) is 9.59 Å². The second-order valence-corrected chi connectivity index (χ2v) is 7.53. The van der Waals surface area contributed by atoms with Gasteiger partial charge in [-0.15, -0.1) is 0 Å². The van der Waals surface area contributed by atoms with E-state index in [1.807, 2.05) is 0 Å². The van der Waals surface area contributed by atoms with E-state index in [1.54, 1.807) is 53.7 Å². The van der Waals surface area contributed by atoms with Crippen molar-refractivity contribution < 1.29 is 23.5 Å². The van der Waals surface area contributed by atoms with Gasteiger partial charge in [0.05, 0.1) is 19.4 Å². The zero-order chi connectivity index (χ0) is 19.1. The van der Waals surface area contributed by atoms with E-state index in [2.05, 4.69) is 11.8 Å². The van der Waals surface area contributed by atoms with Crippen LogP contribution in [-0.2, 0) is 20.8 Å². The summed E-state index contributed by atoms with van der Waals surface area (Å²) in [4.78, 5) is 25.4. The van der Waals surface area contributed by atoms with Crippen LogP contribution >= 0.6 is 0 Å². The Morgan fingerprint density at radius 1 is 1.08 bits per heavy atom. The number of hydrogen-bond donors (Lipinski definition) is 0. The minimum Gasteiger partial charge on any atom is -0.467 e. The lowest BCUT2D eigenvalue weighted by Crippen LogP contribution is -2.36. The zero-order valence-corrected chi connectivity index (χ0v) is 15.8. The quantitative estimate of drug-likeness (QED) is 0.611. The van der Waals surface area contributed by atoms with Gasteiger partial charge in [-0.05, 0) is 53.7 Å². The summed E-state index contributed by atoms with van der Waals surface area (Å²) in [6.07, 6.45) is 1.02. The first-order valence-electron chi connectivity index (χ1n) is 8.14. The van der Waals surface area contributed by atoms with Gasteiger partial charge in [0.15, 0.2) is 0 Å². The molecule has 0 bridgehead atoms. The van der Waals surface area contributed by atoms with E-state index in [0.717, 1.165) is 0 Å². The molecule has 1 rings (SSSR count). The van der Waals surface area contributed by atoms with Gasteiger partial charge < -0.3 is 13.9 Å². The van der Waals surface area contributed by atoms with E-state index in [4.69, 9.17) is 13.9 Å². The number of ether oxygens (including phenoxy) is 2. The summed E-state index contributed by atoms with van der Waals surface area (Å²) >= 11 is 0. The van der Waals surface area contributed by atoms with Crippen LogP contribution < -0.4 is 0 Å². The van der Waals surface area contributed by atoms with Crippen LogP contribution in [0, 0.1) is 11.8 Å². The number of carbonyl (C=O) groups excluding carboxylic acids is 2. The lowest BCUT2D eigenvalue weighted by molar-refractivity contribution is -0.153. The number of esters is 1. The van der Waals surface area contributed by atoms with Crippen molar-refractivity contribution in [2.75, 3.05) is 6.54 Å². The molecule has 1 amide bonds. The second kappa shape index (κ2) is 8.61. The SMILES string of the molecule is CC(C)(C)OC(=O)CC#CCN(Cc1ccco1)C(=O)OC(C)(C)C.